The summed E-state index contributed by atoms with van der Waals surface area (Å²) in [5.74, 6) is -0.490. The number of nitro groups is 1. The minimum Gasteiger partial charge on any atom is -0.358 e. The van der Waals surface area contributed by atoms with Crippen LogP contribution in [0.4, 0.5) is 5.82 Å². The first-order chi connectivity index (χ1) is 5.66. The molecule has 1 aromatic rings. The van der Waals surface area contributed by atoms with Crippen molar-refractivity contribution in [2.75, 3.05) is 0 Å². The average Bonchev–Trinajstić information content (AvgIpc) is 2.04. The molecule has 0 spiro atoms. The lowest BCUT2D eigenvalue weighted by molar-refractivity contribution is -0.389. The van der Waals surface area contributed by atoms with Gasteiger partial charge in [-0.25, -0.2) is 0 Å². The van der Waals surface area contributed by atoms with Gasteiger partial charge < -0.3 is 10.1 Å². The van der Waals surface area contributed by atoms with Crippen LogP contribution in [-0.2, 0) is 0 Å². The Hall–Kier alpha value is -1.67. The molecule has 1 heterocycles. The monoisotopic (exact) mass is 183 g/mol. The van der Waals surface area contributed by atoms with E-state index in [-0.39, 0.29) is 10.6 Å². The van der Waals surface area contributed by atoms with Crippen LogP contribution in [0, 0.1) is 21.4 Å². The van der Waals surface area contributed by atoms with Crippen molar-refractivity contribution in [3.8, 4) is 6.07 Å². The Morgan fingerprint density at radius 3 is 2.92 bits per heavy atom. The van der Waals surface area contributed by atoms with Gasteiger partial charge in [0, 0.05) is 6.07 Å². The normalized spacial score (nSPS) is 9.00. The molecule has 0 atom stereocenters. The zero-order valence-corrected chi connectivity index (χ0v) is 6.45. The minimum atomic E-state index is -0.733. The highest BCUT2D eigenvalue weighted by Crippen LogP contribution is 2.23. The van der Waals surface area contributed by atoms with Gasteiger partial charge in [0.15, 0.2) is 5.02 Å². The third-order valence-corrected chi connectivity index (χ3v) is 1.54. The second-order valence-electron chi connectivity index (χ2n) is 1.87. The molecule has 0 bridgehead atoms. The van der Waals surface area contributed by atoms with Crippen LogP contribution in [0.25, 0.3) is 0 Å². The molecular weight excluding hydrogens is 182 g/mol. The number of aromatic nitrogens is 1. The van der Waals surface area contributed by atoms with E-state index >= 15 is 0 Å². The predicted molar refractivity (Wildman–Crippen MR) is 40.6 cm³/mol. The highest BCUT2D eigenvalue weighted by atomic mass is 35.5. The molecule has 5 nitrogen and oxygen atoms in total. The van der Waals surface area contributed by atoms with Gasteiger partial charge in [0.25, 0.3) is 0 Å². The maximum absolute atomic E-state index is 10.2. The quantitative estimate of drug-likeness (QED) is 0.488. The van der Waals surface area contributed by atoms with Crippen molar-refractivity contribution in [2.24, 2.45) is 0 Å². The Kier molecular flexibility index (Phi) is 2.21. The Morgan fingerprint density at radius 1 is 1.75 bits per heavy atom. The molecule has 0 saturated heterocycles. The van der Waals surface area contributed by atoms with E-state index in [1.54, 1.807) is 6.07 Å². The van der Waals surface area contributed by atoms with Crippen molar-refractivity contribution in [3.63, 3.8) is 0 Å². The number of nitriles is 1. The van der Waals surface area contributed by atoms with E-state index < -0.39 is 10.7 Å². The molecule has 0 unspecified atom stereocenters. The van der Waals surface area contributed by atoms with Crippen LogP contribution in [0.2, 0.25) is 5.02 Å². The van der Waals surface area contributed by atoms with Crippen LogP contribution >= 0.6 is 11.6 Å². The Balaban J connectivity index is 3.35. The molecule has 0 radical (unpaired) electrons. The molecule has 6 heteroatoms. The summed E-state index contributed by atoms with van der Waals surface area (Å²) in [4.78, 5) is 12.9. The topological polar surface area (TPSA) is 79.8 Å². The van der Waals surface area contributed by atoms with Gasteiger partial charge >= 0.3 is 5.82 Å². The van der Waals surface area contributed by atoms with Gasteiger partial charge in [-0.3, -0.25) is 0 Å². The van der Waals surface area contributed by atoms with Gasteiger partial charge in [0.2, 0.25) is 0 Å². The SMILES string of the molecule is N#Cc1ccnc([N+](=O)[O-])c1Cl. The minimum absolute atomic E-state index is 0.0540. The predicted octanol–water partition coefficient (Wildman–Crippen LogP) is 1.51. The lowest BCUT2D eigenvalue weighted by Crippen LogP contribution is -1.94. The van der Waals surface area contributed by atoms with Gasteiger partial charge in [0.05, 0.1) is 5.56 Å². The number of rotatable bonds is 1. The fourth-order valence-corrected chi connectivity index (χ4v) is 0.869. The van der Waals surface area contributed by atoms with Crippen LogP contribution in [0.5, 0.6) is 0 Å². The van der Waals surface area contributed by atoms with E-state index in [4.69, 9.17) is 16.9 Å². The molecule has 0 aliphatic rings. The zero-order valence-electron chi connectivity index (χ0n) is 5.69. The molecule has 1 aromatic heterocycles. The van der Waals surface area contributed by atoms with Crippen molar-refractivity contribution in [1.82, 2.24) is 4.98 Å². The second-order valence-corrected chi connectivity index (χ2v) is 2.24. The number of hydrogen-bond acceptors (Lipinski definition) is 4. The summed E-state index contributed by atoms with van der Waals surface area (Å²) in [5.41, 5.74) is 0.0540. The molecule has 0 aliphatic heterocycles. The summed E-state index contributed by atoms with van der Waals surface area (Å²) in [6.45, 7) is 0. The molecule has 0 N–H and O–H groups in total. The fourth-order valence-electron chi connectivity index (χ4n) is 0.646. The molecule has 1 rings (SSSR count). The molecule has 60 valence electrons. The van der Waals surface area contributed by atoms with Crippen molar-refractivity contribution in [3.05, 3.63) is 33.0 Å². The highest BCUT2D eigenvalue weighted by molar-refractivity contribution is 6.33. The number of halogens is 1. The van der Waals surface area contributed by atoms with E-state index in [0.29, 0.717) is 0 Å². The Bertz CT molecular complexity index is 372. The van der Waals surface area contributed by atoms with Gasteiger partial charge in [-0.15, -0.1) is 0 Å². The summed E-state index contributed by atoms with van der Waals surface area (Å²) in [6.07, 6.45) is 1.17. The van der Waals surface area contributed by atoms with E-state index in [9.17, 15) is 10.1 Å². The van der Waals surface area contributed by atoms with Crippen molar-refractivity contribution < 1.29 is 4.92 Å². The maximum atomic E-state index is 10.2. The third kappa shape index (κ3) is 1.33. The van der Waals surface area contributed by atoms with Crippen molar-refractivity contribution in [2.45, 2.75) is 0 Å². The lowest BCUT2D eigenvalue weighted by atomic mass is 10.3. The van der Waals surface area contributed by atoms with E-state index in [0.717, 1.165) is 0 Å². The van der Waals surface area contributed by atoms with Crippen LogP contribution in [-0.4, -0.2) is 9.91 Å². The van der Waals surface area contributed by atoms with E-state index in [2.05, 4.69) is 4.98 Å². The van der Waals surface area contributed by atoms with Crippen molar-refractivity contribution in [1.29, 1.82) is 5.26 Å². The molecule has 0 saturated carbocycles. The molecule has 0 aliphatic carbocycles. The fraction of sp³-hybridized carbons (Fsp3) is 0. The average molecular weight is 184 g/mol. The smallest absolute Gasteiger partial charge is 0.358 e. The van der Waals surface area contributed by atoms with Gasteiger partial charge in [-0.1, -0.05) is 11.6 Å². The van der Waals surface area contributed by atoms with Gasteiger partial charge in [-0.2, -0.15) is 5.26 Å². The summed E-state index contributed by atoms with van der Waals surface area (Å²) in [7, 11) is 0. The number of nitrogens with zero attached hydrogens (tertiary/aromatic N) is 3. The van der Waals surface area contributed by atoms with E-state index in [1.807, 2.05) is 0 Å². The van der Waals surface area contributed by atoms with Crippen molar-refractivity contribution >= 4 is 17.4 Å². The van der Waals surface area contributed by atoms with Crippen LogP contribution in [0.15, 0.2) is 12.3 Å². The summed E-state index contributed by atoms with van der Waals surface area (Å²) in [5, 5.41) is 18.5. The maximum Gasteiger partial charge on any atom is 0.383 e. The van der Waals surface area contributed by atoms with Gasteiger partial charge in [-0.05, 0) is 9.91 Å². The Labute approximate surface area is 72.4 Å². The largest absolute Gasteiger partial charge is 0.383 e. The van der Waals surface area contributed by atoms with E-state index in [1.165, 1.54) is 12.3 Å². The van der Waals surface area contributed by atoms with Crippen LogP contribution in [0.1, 0.15) is 5.56 Å². The molecule has 0 amide bonds. The van der Waals surface area contributed by atoms with Gasteiger partial charge in [0.1, 0.15) is 12.3 Å². The number of pyridine rings is 1. The first kappa shape index (κ1) is 8.43. The summed E-state index contributed by atoms with van der Waals surface area (Å²) < 4.78 is 0. The second kappa shape index (κ2) is 3.15. The highest BCUT2D eigenvalue weighted by Gasteiger charge is 2.16. The molecular formula is C6H2ClN3O2. The first-order valence-electron chi connectivity index (χ1n) is 2.86. The Morgan fingerprint density at radius 2 is 2.42 bits per heavy atom. The molecule has 0 aromatic carbocycles. The molecule has 0 fully saturated rings. The molecule has 12 heavy (non-hydrogen) atoms. The van der Waals surface area contributed by atoms with Crippen LogP contribution in [0.3, 0.4) is 0 Å². The standard InChI is InChI=1S/C6H2ClN3O2/c7-5-4(3-8)1-2-9-6(5)10(11)12/h1-2H. The van der Waals surface area contributed by atoms with Crippen LogP contribution < -0.4 is 0 Å². The number of hydrogen-bond donors (Lipinski definition) is 0. The zero-order chi connectivity index (χ0) is 9.14. The summed E-state index contributed by atoms with van der Waals surface area (Å²) >= 11 is 5.48. The summed E-state index contributed by atoms with van der Waals surface area (Å²) in [6, 6.07) is 3.03. The first-order valence-corrected chi connectivity index (χ1v) is 3.23. The lowest BCUT2D eigenvalue weighted by Gasteiger charge is -1.94. The third-order valence-electron chi connectivity index (χ3n) is 1.16.